The van der Waals surface area contributed by atoms with Crippen molar-refractivity contribution in [2.75, 3.05) is 0 Å². The summed E-state index contributed by atoms with van der Waals surface area (Å²) < 4.78 is 5.16. The third kappa shape index (κ3) is 2.34. The first-order chi connectivity index (χ1) is 6.52. The third-order valence-electron chi connectivity index (χ3n) is 2.29. The minimum Gasteiger partial charge on any atom is -0.458 e. The van der Waals surface area contributed by atoms with Crippen LogP contribution in [0.5, 0.6) is 0 Å². The van der Waals surface area contributed by atoms with Gasteiger partial charge in [-0.2, -0.15) is 0 Å². The molecule has 0 unspecified atom stereocenters. The fourth-order valence-corrected chi connectivity index (χ4v) is 1.78. The quantitative estimate of drug-likeness (QED) is 0.673. The van der Waals surface area contributed by atoms with Gasteiger partial charge in [0.2, 0.25) is 0 Å². The largest absolute Gasteiger partial charge is 0.458 e. The van der Waals surface area contributed by atoms with Gasteiger partial charge >= 0.3 is 5.97 Å². The van der Waals surface area contributed by atoms with Crippen molar-refractivity contribution in [2.24, 2.45) is 0 Å². The molecule has 0 saturated heterocycles. The number of aryl methyl sites for hydroxylation is 2. The van der Waals surface area contributed by atoms with Crippen LogP contribution < -0.4 is 0 Å². The van der Waals surface area contributed by atoms with E-state index in [-0.39, 0.29) is 12.1 Å². The zero-order valence-electron chi connectivity index (χ0n) is 9.13. The van der Waals surface area contributed by atoms with E-state index in [0.29, 0.717) is 0 Å². The number of carbonyl (C=O) groups is 1. The van der Waals surface area contributed by atoms with Crippen LogP contribution in [0.15, 0.2) is 18.2 Å². The van der Waals surface area contributed by atoms with E-state index < -0.39 is 0 Å². The second kappa shape index (κ2) is 4.27. The summed E-state index contributed by atoms with van der Waals surface area (Å²) >= 11 is 0. The van der Waals surface area contributed by atoms with Gasteiger partial charge in [-0.25, -0.2) is 0 Å². The molecule has 0 aliphatic heterocycles. The predicted molar refractivity (Wildman–Crippen MR) is 56.1 cm³/mol. The first kappa shape index (κ1) is 10.8. The first-order valence-corrected chi connectivity index (χ1v) is 4.75. The van der Waals surface area contributed by atoms with Crippen molar-refractivity contribution >= 4 is 5.97 Å². The van der Waals surface area contributed by atoms with E-state index >= 15 is 0 Å². The summed E-state index contributed by atoms with van der Waals surface area (Å²) in [5.74, 6) is -0.236. The topological polar surface area (TPSA) is 26.3 Å². The van der Waals surface area contributed by atoms with Crippen molar-refractivity contribution in [1.82, 2.24) is 0 Å². The number of hydrogen-bond acceptors (Lipinski definition) is 2. The molecule has 0 bridgehead atoms. The molecular weight excluding hydrogens is 176 g/mol. The van der Waals surface area contributed by atoms with Crippen LogP contribution in [0.2, 0.25) is 0 Å². The van der Waals surface area contributed by atoms with Crippen molar-refractivity contribution in [1.29, 1.82) is 0 Å². The van der Waals surface area contributed by atoms with E-state index in [4.69, 9.17) is 4.74 Å². The molecule has 0 aromatic heterocycles. The van der Waals surface area contributed by atoms with Crippen LogP contribution in [0.3, 0.4) is 0 Å². The molecule has 0 saturated carbocycles. The lowest BCUT2D eigenvalue weighted by Gasteiger charge is -2.17. The van der Waals surface area contributed by atoms with Crippen molar-refractivity contribution in [3.63, 3.8) is 0 Å². The fraction of sp³-hybridized carbons (Fsp3) is 0.417. The van der Waals surface area contributed by atoms with E-state index in [0.717, 1.165) is 5.56 Å². The minimum absolute atomic E-state index is 0.159. The molecule has 1 atom stereocenters. The number of benzene rings is 1. The van der Waals surface area contributed by atoms with Gasteiger partial charge in [-0.15, -0.1) is 0 Å². The normalized spacial score (nSPS) is 12.3. The molecule has 0 fully saturated rings. The molecule has 0 heterocycles. The van der Waals surface area contributed by atoms with Crippen molar-refractivity contribution in [3.05, 3.63) is 34.9 Å². The highest BCUT2D eigenvalue weighted by atomic mass is 16.5. The van der Waals surface area contributed by atoms with Gasteiger partial charge in [0.25, 0.3) is 0 Å². The van der Waals surface area contributed by atoms with Gasteiger partial charge in [-0.05, 0) is 37.5 Å². The summed E-state index contributed by atoms with van der Waals surface area (Å²) in [4.78, 5) is 10.8. The maximum Gasteiger partial charge on any atom is 0.303 e. The summed E-state index contributed by atoms with van der Waals surface area (Å²) in [7, 11) is 0. The Bertz CT molecular complexity index is 322. The highest BCUT2D eigenvalue weighted by Gasteiger charge is 2.13. The molecule has 0 spiro atoms. The van der Waals surface area contributed by atoms with Gasteiger partial charge < -0.3 is 4.74 Å². The lowest BCUT2D eigenvalue weighted by molar-refractivity contribution is -0.145. The maximum absolute atomic E-state index is 10.8. The Kier molecular flexibility index (Phi) is 3.28. The SMILES string of the molecule is CC(=O)O[C@H](C)c1c(C)cccc1C. The zero-order chi connectivity index (χ0) is 10.7. The van der Waals surface area contributed by atoms with Gasteiger partial charge in [-0.3, -0.25) is 4.79 Å². The lowest BCUT2D eigenvalue weighted by Crippen LogP contribution is -2.07. The Morgan fingerprint density at radius 1 is 1.29 bits per heavy atom. The summed E-state index contributed by atoms with van der Waals surface area (Å²) in [6.45, 7) is 7.39. The molecule has 1 aromatic rings. The molecule has 76 valence electrons. The second-order valence-corrected chi connectivity index (χ2v) is 3.56. The van der Waals surface area contributed by atoms with E-state index in [1.165, 1.54) is 18.1 Å². The van der Waals surface area contributed by atoms with E-state index in [2.05, 4.69) is 0 Å². The molecule has 0 aliphatic carbocycles. The highest BCUT2D eigenvalue weighted by molar-refractivity contribution is 5.66. The van der Waals surface area contributed by atoms with E-state index in [1.54, 1.807) is 0 Å². The molecule has 2 nitrogen and oxygen atoms in total. The second-order valence-electron chi connectivity index (χ2n) is 3.56. The predicted octanol–water partition coefficient (Wildman–Crippen LogP) is 2.93. The Hall–Kier alpha value is -1.31. The standard InChI is InChI=1S/C12H16O2/c1-8-6-5-7-9(2)12(8)10(3)14-11(4)13/h5-7,10H,1-4H3/t10-/m1/s1. The molecule has 2 heteroatoms. The smallest absolute Gasteiger partial charge is 0.303 e. The van der Waals surface area contributed by atoms with Crippen LogP contribution >= 0.6 is 0 Å². The molecule has 14 heavy (non-hydrogen) atoms. The summed E-state index contributed by atoms with van der Waals surface area (Å²) in [6, 6.07) is 6.07. The number of carbonyl (C=O) groups excluding carboxylic acids is 1. The Labute approximate surface area is 84.9 Å². The summed E-state index contributed by atoms with van der Waals surface area (Å²) in [5, 5.41) is 0. The van der Waals surface area contributed by atoms with Gasteiger partial charge in [0.05, 0.1) is 0 Å². The minimum atomic E-state index is -0.236. The average molecular weight is 192 g/mol. The third-order valence-corrected chi connectivity index (χ3v) is 2.29. The van der Waals surface area contributed by atoms with Crippen LogP contribution in [-0.2, 0) is 9.53 Å². The number of ether oxygens (including phenoxy) is 1. The van der Waals surface area contributed by atoms with E-state index in [9.17, 15) is 4.79 Å². The molecule has 1 aromatic carbocycles. The molecular formula is C12H16O2. The molecule has 1 rings (SSSR count). The van der Waals surface area contributed by atoms with Crippen LogP contribution in [0.4, 0.5) is 0 Å². The Balaban J connectivity index is 2.99. The van der Waals surface area contributed by atoms with Crippen LogP contribution in [0.1, 0.15) is 36.6 Å². The number of esters is 1. The Morgan fingerprint density at radius 3 is 2.21 bits per heavy atom. The molecule has 0 amide bonds. The van der Waals surface area contributed by atoms with Crippen LogP contribution in [0, 0.1) is 13.8 Å². The first-order valence-electron chi connectivity index (χ1n) is 4.75. The molecule has 0 N–H and O–H groups in total. The summed E-state index contributed by atoms with van der Waals surface area (Å²) in [6.07, 6.45) is -0.159. The lowest BCUT2D eigenvalue weighted by atomic mass is 9.99. The van der Waals surface area contributed by atoms with Crippen molar-refractivity contribution < 1.29 is 9.53 Å². The van der Waals surface area contributed by atoms with Gasteiger partial charge in [-0.1, -0.05) is 18.2 Å². The highest BCUT2D eigenvalue weighted by Crippen LogP contribution is 2.24. The van der Waals surface area contributed by atoms with Gasteiger partial charge in [0.1, 0.15) is 6.10 Å². The zero-order valence-corrected chi connectivity index (χ0v) is 9.13. The van der Waals surface area contributed by atoms with Gasteiger partial charge in [0, 0.05) is 6.92 Å². The van der Waals surface area contributed by atoms with Gasteiger partial charge in [0.15, 0.2) is 0 Å². The summed E-state index contributed by atoms with van der Waals surface area (Å²) in [5.41, 5.74) is 3.44. The average Bonchev–Trinajstić information content (AvgIpc) is 2.01. The van der Waals surface area contributed by atoms with Crippen molar-refractivity contribution in [2.45, 2.75) is 33.8 Å². The van der Waals surface area contributed by atoms with Crippen LogP contribution in [0.25, 0.3) is 0 Å². The molecule has 0 aliphatic rings. The number of rotatable bonds is 2. The fourth-order valence-electron chi connectivity index (χ4n) is 1.78. The van der Waals surface area contributed by atoms with Crippen molar-refractivity contribution in [3.8, 4) is 0 Å². The molecule has 0 radical (unpaired) electrons. The van der Waals surface area contributed by atoms with Crippen LogP contribution in [-0.4, -0.2) is 5.97 Å². The van der Waals surface area contributed by atoms with E-state index in [1.807, 2.05) is 39.0 Å². The monoisotopic (exact) mass is 192 g/mol. The Morgan fingerprint density at radius 2 is 1.79 bits per heavy atom. The number of hydrogen-bond donors (Lipinski definition) is 0. The maximum atomic E-state index is 10.8.